The predicted octanol–water partition coefficient (Wildman–Crippen LogP) is 3.21. The Morgan fingerprint density at radius 2 is 1.68 bits per heavy atom. The summed E-state index contributed by atoms with van der Waals surface area (Å²) >= 11 is 0. The van der Waals surface area contributed by atoms with Gasteiger partial charge in [0.05, 0.1) is 11.5 Å². The van der Waals surface area contributed by atoms with Gasteiger partial charge >= 0.3 is 12.1 Å². The van der Waals surface area contributed by atoms with Gasteiger partial charge in [0.1, 0.15) is 13.1 Å². The van der Waals surface area contributed by atoms with Crippen molar-refractivity contribution in [3.8, 4) is 0 Å². The molecule has 1 aliphatic rings. The quantitative estimate of drug-likeness (QED) is 0.552. The van der Waals surface area contributed by atoms with Crippen LogP contribution in [0.2, 0.25) is 0 Å². The number of halogens is 3. The van der Waals surface area contributed by atoms with Crippen LogP contribution in [0.5, 0.6) is 0 Å². The summed E-state index contributed by atoms with van der Waals surface area (Å²) in [7, 11) is -2.29. The number of rotatable bonds is 8. The lowest BCUT2D eigenvalue weighted by Gasteiger charge is -2.30. The van der Waals surface area contributed by atoms with Gasteiger partial charge in [-0.2, -0.15) is 17.5 Å². The fraction of sp³-hybridized carbons (Fsp3) is 0.600. The number of hydrogen-bond donors (Lipinski definition) is 0. The highest BCUT2D eigenvalue weighted by Crippen LogP contribution is 2.27. The molecule has 0 unspecified atom stereocenters. The third-order valence-electron chi connectivity index (χ3n) is 5.15. The third-order valence-corrected chi connectivity index (χ3v) is 7.07. The smallest absolute Gasteiger partial charge is 0.406 e. The van der Waals surface area contributed by atoms with Crippen LogP contribution in [0.15, 0.2) is 29.2 Å². The zero-order valence-corrected chi connectivity index (χ0v) is 18.3. The molecule has 1 aromatic rings. The minimum atomic E-state index is -4.71. The minimum Gasteiger partial charge on any atom is -0.465 e. The Bertz CT molecular complexity index is 866. The first kappa shape index (κ1) is 25.1. The molecule has 0 heterocycles. The molecular formula is C20H27F3N2O5S. The number of alkyl halides is 3. The maximum Gasteiger partial charge on any atom is 0.406 e. The topological polar surface area (TPSA) is 84.0 Å². The molecule has 0 N–H and O–H groups in total. The van der Waals surface area contributed by atoms with Crippen LogP contribution in [0.1, 0.15) is 49.4 Å². The van der Waals surface area contributed by atoms with E-state index in [1.807, 2.05) is 0 Å². The van der Waals surface area contributed by atoms with Gasteiger partial charge in [-0.3, -0.25) is 9.59 Å². The Morgan fingerprint density at radius 1 is 1.10 bits per heavy atom. The summed E-state index contributed by atoms with van der Waals surface area (Å²) < 4.78 is 70.3. The molecule has 0 bridgehead atoms. The van der Waals surface area contributed by atoms with Crippen LogP contribution in [-0.2, 0) is 19.6 Å². The number of sulfonamides is 1. The monoisotopic (exact) mass is 464 g/mol. The Kier molecular flexibility index (Phi) is 8.47. The summed E-state index contributed by atoms with van der Waals surface area (Å²) in [6, 6.07) is 4.58. The van der Waals surface area contributed by atoms with E-state index >= 15 is 0 Å². The molecule has 1 amide bonds. The van der Waals surface area contributed by atoms with E-state index in [4.69, 9.17) is 0 Å². The molecule has 11 heteroatoms. The first-order chi connectivity index (χ1) is 14.5. The molecule has 1 aromatic carbocycles. The summed E-state index contributed by atoms with van der Waals surface area (Å²) in [5.41, 5.74) is -0.159. The molecule has 1 saturated carbocycles. The van der Waals surface area contributed by atoms with E-state index in [0.29, 0.717) is 4.90 Å². The highest BCUT2D eigenvalue weighted by molar-refractivity contribution is 7.89. The van der Waals surface area contributed by atoms with Crippen molar-refractivity contribution in [1.29, 1.82) is 0 Å². The normalized spacial score (nSPS) is 15.7. The number of benzene rings is 1. The number of ether oxygens (including phenoxy) is 1. The van der Waals surface area contributed by atoms with Crippen molar-refractivity contribution in [2.24, 2.45) is 0 Å². The van der Waals surface area contributed by atoms with Crippen LogP contribution < -0.4 is 0 Å². The van der Waals surface area contributed by atoms with E-state index in [9.17, 15) is 31.2 Å². The SMILES string of the molecule is CCOC(=O)CN(CC(F)(F)F)C(=O)c1ccc(S(=O)(=O)N(C)C2CCCCC2)cc1. The number of nitrogens with zero attached hydrogens (tertiary/aromatic N) is 2. The molecule has 0 aromatic heterocycles. The van der Waals surface area contributed by atoms with Crippen molar-refractivity contribution in [3.63, 3.8) is 0 Å². The molecule has 2 rings (SSSR count). The van der Waals surface area contributed by atoms with Gasteiger partial charge in [-0.05, 0) is 44.0 Å². The number of carbonyl (C=O) groups excluding carboxylic acids is 2. The molecule has 31 heavy (non-hydrogen) atoms. The molecule has 0 radical (unpaired) electrons. The zero-order chi connectivity index (χ0) is 23.2. The van der Waals surface area contributed by atoms with Gasteiger partial charge in [0.15, 0.2) is 0 Å². The lowest BCUT2D eigenvalue weighted by molar-refractivity contribution is -0.153. The Hall–Kier alpha value is -2.14. The van der Waals surface area contributed by atoms with Gasteiger partial charge in [0.2, 0.25) is 10.0 Å². The van der Waals surface area contributed by atoms with Gasteiger partial charge in [-0.1, -0.05) is 19.3 Å². The Morgan fingerprint density at radius 3 is 2.19 bits per heavy atom. The maximum absolute atomic E-state index is 12.9. The fourth-order valence-electron chi connectivity index (χ4n) is 3.54. The van der Waals surface area contributed by atoms with Crippen LogP contribution in [0.4, 0.5) is 13.2 Å². The molecule has 0 spiro atoms. The van der Waals surface area contributed by atoms with Gasteiger partial charge < -0.3 is 9.64 Å². The highest BCUT2D eigenvalue weighted by atomic mass is 32.2. The number of hydrogen-bond acceptors (Lipinski definition) is 5. The molecule has 1 fully saturated rings. The second-order valence-corrected chi connectivity index (χ2v) is 9.42. The highest BCUT2D eigenvalue weighted by Gasteiger charge is 2.35. The van der Waals surface area contributed by atoms with Crippen molar-refractivity contribution in [2.75, 3.05) is 26.7 Å². The van der Waals surface area contributed by atoms with Crippen molar-refractivity contribution >= 4 is 21.9 Å². The summed E-state index contributed by atoms with van der Waals surface area (Å²) in [6.45, 7) is -1.03. The molecule has 0 aliphatic heterocycles. The summed E-state index contributed by atoms with van der Waals surface area (Å²) in [5, 5.41) is 0. The molecular weight excluding hydrogens is 437 g/mol. The van der Waals surface area contributed by atoms with E-state index in [0.717, 1.165) is 44.2 Å². The first-order valence-corrected chi connectivity index (χ1v) is 11.5. The lowest BCUT2D eigenvalue weighted by atomic mass is 9.96. The Balaban J connectivity index is 2.20. The third kappa shape index (κ3) is 6.93. The molecule has 0 saturated heterocycles. The van der Waals surface area contributed by atoms with Gasteiger partial charge in [0, 0.05) is 18.7 Å². The largest absolute Gasteiger partial charge is 0.465 e. The standard InChI is InChI=1S/C20H27F3N2O5S/c1-3-30-18(26)13-25(14-20(21,22)23)19(27)15-9-11-17(12-10-15)31(28,29)24(2)16-7-5-4-6-8-16/h9-12,16H,3-8,13-14H2,1-2H3. The molecule has 1 aliphatic carbocycles. The van der Waals surface area contributed by atoms with Crippen molar-refractivity contribution < 1.29 is 35.9 Å². The second-order valence-electron chi connectivity index (χ2n) is 7.42. The average Bonchev–Trinajstić information content (AvgIpc) is 2.72. The van der Waals surface area contributed by atoms with Gasteiger partial charge in [-0.15, -0.1) is 0 Å². The number of esters is 1. The maximum atomic E-state index is 12.9. The van der Waals surface area contributed by atoms with E-state index in [-0.39, 0.29) is 23.1 Å². The Labute approximate surface area is 180 Å². The molecule has 174 valence electrons. The number of amides is 1. The zero-order valence-electron chi connectivity index (χ0n) is 17.5. The van der Waals surface area contributed by atoms with E-state index in [1.54, 1.807) is 0 Å². The fourth-order valence-corrected chi connectivity index (χ4v) is 4.95. The van der Waals surface area contributed by atoms with Gasteiger partial charge in [0.25, 0.3) is 5.91 Å². The van der Waals surface area contributed by atoms with Crippen LogP contribution >= 0.6 is 0 Å². The first-order valence-electron chi connectivity index (χ1n) is 10.1. The average molecular weight is 465 g/mol. The lowest BCUT2D eigenvalue weighted by Crippen LogP contribution is -2.42. The molecule has 7 nitrogen and oxygen atoms in total. The predicted molar refractivity (Wildman–Crippen MR) is 107 cm³/mol. The van der Waals surface area contributed by atoms with Crippen molar-refractivity contribution in [2.45, 2.75) is 56.1 Å². The van der Waals surface area contributed by atoms with Gasteiger partial charge in [-0.25, -0.2) is 8.42 Å². The molecule has 0 atom stereocenters. The number of carbonyl (C=O) groups is 2. The van der Waals surface area contributed by atoms with Crippen LogP contribution in [0.25, 0.3) is 0 Å². The van der Waals surface area contributed by atoms with Crippen LogP contribution in [0, 0.1) is 0 Å². The summed E-state index contributed by atoms with van der Waals surface area (Å²) in [6.07, 6.45) is -0.199. The minimum absolute atomic E-state index is 0.0338. The summed E-state index contributed by atoms with van der Waals surface area (Å²) in [4.78, 5) is 24.5. The van der Waals surface area contributed by atoms with E-state index in [1.165, 1.54) is 30.4 Å². The van der Waals surface area contributed by atoms with Crippen molar-refractivity contribution in [3.05, 3.63) is 29.8 Å². The summed E-state index contributed by atoms with van der Waals surface area (Å²) in [5.74, 6) is -2.01. The van der Waals surface area contributed by atoms with Crippen LogP contribution in [-0.4, -0.2) is 68.5 Å². The van der Waals surface area contributed by atoms with Crippen LogP contribution in [0.3, 0.4) is 0 Å². The van der Waals surface area contributed by atoms with E-state index < -0.39 is 41.2 Å². The second kappa shape index (κ2) is 10.4. The van der Waals surface area contributed by atoms with Crippen molar-refractivity contribution in [1.82, 2.24) is 9.21 Å². The van der Waals surface area contributed by atoms with E-state index in [2.05, 4.69) is 4.74 Å².